The van der Waals surface area contributed by atoms with Crippen molar-refractivity contribution in [2.45, 2.75) is 45.7 Å². The van der Waals surface area contributed by atoms with E-state index in [2.05, 4.69) is 20.8 Å². The quantitative estimate of drug-likeness (QED) is 0.778. The highest BCUT2D eigenvalue weighted by Crippen LogP contribution is 2.37. The van der Waals surface area contributed by atoms with Crippen LogP contribution in [0.4, 0.5) is 10.5 Å². The standard InChI is InChI=1S/C18H25N5O2/c1-3-23-12-19-22-16(23)13-7-4-5-8-14(13)20-17(25)21-15-9-6-10-18(15,2)11-24/h4-5,7-8,12,15,24H,3,6,9-11H2,1-2H3,(H2,20,21,25). The number of nitrogens with zero attached hydrogens (tertiary/aromatic N) is 3. The van der Waals surface area contributed by atoms with Crippen LogP contribution in [-0.2, 0) is 6.54 Å². The van der Waals surface area contributed by atoms with Crippen molar-refractivity contribution in [2.75, 3.05) is 11.9 Å². The summed E-state index contributed by atoms with van der Waals surface area (Å²) in [4.78, 5) is 12.5. The number of urea groups is 1. The number of rotatable bonds is 5. The molecule has 1 fully saturated rings. The van der Waals surface area contributed by atoms with Crippen LogP contribution < -0.4 is 10.6 Å². The third-order valence-electron chi connectivity index (χ3n) is 5.12. The van der Waals surface area contributed by atoms with Crippen LogP contribution >= 0.6 is 0 Å². The summed E-state index contributed by atoms with van der Waals surface area (Å²) in [6.07, 6.45) is 4.50. The molecule has 1 saturated carbocycles. The van der Waals surface area contributed by atoms with E-state index >= 15 is 0 Å². The minimum absolute atomic E-state index is 0.0241. The molecule has 7 heteroatoms. The van der Waals surface area contributed by atoms with E-state index in [0.29, 0.717) is 5.69 Å². The number of carbonyl (C=O) groups is 1. The Balaban J connectivity index is 1.76. The number of aromatic nitrogens is 3. The second kappa shape index (κ2) is 7.23. The summed E-state index contributed by atoms with van der Waals surface area (Å²) in [6, 6.07) is 7.26. The average molecular weight is 343 g/mol. The van der Waals surface area contributed by atoms with Gasteiger partial charge in [-0.05, 0) is 31.9 Å². The van der Waals surface area contributed by atoms with Gasteiger partial charge in [0.2, 0.25) is 0 Å². The van der Waals surface area contributed by atoms with Gasteiger partial charge in [-0.1, -0.05) is 25.5 Å². The topological polar surface area (TPSA) is 92.1 Å². The average Bonchev–Trinajstić information content (AvgIpc) is 3.23. The van der Waals surface area contributed by atoms with Crippen molar-refractivity contribution < 1.29 is 9.90 Å². The van der Waals surface area contributed by atoms with E-state index in [0.717, 1.165) is 37.2 Å². The van der Waals surface area contributed by atoms with E-state index in [1.54, 1.807) is 6.33 Å². The number of hydrogen-bond acceptors (Lipinski definition) is 4. The highest BCUT2D eigenvalue weighted by Gasteiger charge is 2.39. The minimum atomic E-state index is -0.262. The molecule has 0 aliphatic heterocycles. The van der Waals surface area contributed by atoms with E-state index in [4.69, 9.17) is 0 Å². The van der Waals surface area contributed by atoms with Gasteiger partial charge in [0, 0.05) is 23.6 Å². The molecule has 2 amide bonds. The number of hydrogen-bond donors (Lipinski definition) is 3. The zero-order chi connectivity index (χ0) is 17.9. The fourth-order valence-electron chi connectivity index (χ4n) is 3.47. The maximum absolute atomic E-state index is 12.5. The van der Waals surface area contributed by atoms with Gasteiger partial charge in [0.1, 0.15) is 6.33 Å². The first-order valence-corrected chi connectivity index (χ1v) is 8.73. The number of anilines is 1. The fraction of sp³-hybridized carbons (Fsp3) is 0.500. The maximum Gasteiger partial charge on any atom is 0.319 e. The molecule has 0 spiro atoms. The smallest absolute Gasteiger partial charge is 0.319 e. The minimum Gasteiger partial charge on any atom is -0.396 e. The maximum atomic E-state index is 12.5. The summed E-state index contributed by atoms with van der Waals surface area (Å²) < 4.78 is 1.93. The lowest BCUT2D eigenvalue weighted by atomic mass is 9.86. The van der Waals surface area contributed by atoms with Crippen molar-refractivity contribution in [1.82, 2.24) is 20.1 Å². The summed E-state index contributed by atoms with van der Waals surface area (Å²) in [5.41, 5.74) is 1.26. The second-order valence-corrected chi connectivity index (χ2v) is 6.84. The third kappa shape index (κ3) is 3.51. The normalized spacial score (nSPS) is 22.8. The summed E-state index contributed by atoms with van der Waals surface area (Å²) in [6.45, 7) is 4.86. The predicted molar refractivity (Wildman–Crippen MR) is 96.1 cm³/mol. The van der Waals surface area contributed by atoms with E-state index in [1.807, 2.05) is 42.7 Å². The zero-order valence-corrected chi connectivity index (χ0v) is 14.7. The van der Waals surface area contributed by atoms with Crippen LogP contribution in [0.2, 0.25) is 0 Å². The van der Waals surface area contributed by atoms with Gasteiger partial charge in [-0.15, -0.1) is 10.2 Å². The second-order valence-electron chi connectivity index (χ2n) is 6.84. The molecule has 1 heterocycles. The molecule has 1 aromatic heterocycles. The number of nitrogens with one attached hydrogen (secondary N) is 2. The van der Waals surface area contributed by atoms with E-state index < -0.39 is 0 Å². The van der Waals surface area contributed by atoms with Gasteiger partial charge >= 0.3 is 6.03 Å². The van der Waals surface area contributed by atoms with Gasteiger partial charge < -0.3 is 20.3 Å². The summed E-state index contributed by atoms with van der Waals surface area (Å²) in [7, 11) is 0. The predicted octanol–water partition coefficient (Wildman–Crippen LogP) is 2.64. The Labute approximate surface area is 147 Å². The molecule has 7 nitrogen and oxygen atoms in total. The van der Waals surface area contributed by atoms with Gasteiger partial charge in [-0.2, -0.15) is 0 Å². The van der Waals surface area contributed by atoms with E-state index in [1.165, 1.54) is 0 Å². The van der Waals surface area contributed by atoms with Crippen LogP contribution in [0.25, 0.3) is 11.4 Å². The van der Waals surface area contributed by atoms with Crippen molar-refractivity contribution in [1.29, 1.82) is 0 Å². The van der Waals surface area contributed by atoms with Crippen molar-refractivity contribution in [3.63, 3.8) is 0 Å². The molecular weight excluding hydrogens is 318 g/mol. The molecule has 0 saturated heterocycles. The molecule has 2 atom stereocenters. The summed E-state index contributed by atoms with van der Waals surface area (Å²) >= 11 is 0. The first kappa shape index (κ1) is 17.4. The van der Waals surface area contributed by atoms with Crippen LogP contribution in [-0.4, -0.2) is 38.6 Å². The molecule has 0 bridgehead atoms. The summed E-state index contributed by atoms with van der Waals surface area (Å²) in [5.74, 6) is 0.722. The molecule has 0 radical (unpaired) electrons. The number of carbonyl (C=O) groups excluding carboxylic acids is 1. The van der Waals surface area contributed by atoms with Crippen molar-refractivity contribution in [3.8, 4) is 11.4 Å². The Morgan fingerprint density at radius 3 is 3.00 bits per heavy atom. The lowest BCUT2D eigenvalue weighted by Crippen LogP contribution is -2.46. The Morgan fingerprint density at radius 2 is 2.24 bits per heavy atom. The highest BCUT2D eigenvalue weighted by atomic mass is 16.3. The van der Waals surface area contributed by atoms with E-state index in [9.17, 15) is 9.90 Å². The Kier molecular flexibility index (Phi) is 5.03. The summed E-state index contributed by atoms with van der Waals surface area (Å²) in [5, 5.41) is 23.7. The lowest BCUT2D eigenvalue weighted by Gasteiger charge is -2.30. The van der Waals surface area contributed by atoms with E-state index in [-0.39, 0.29) is 24.1 Å². The first-order valence-electron chi connectivity index (χ1n) is 8.73. The van der Waals surface area contributed by atoms with Gasteiger partial charge in [0.05, 0.1) is 12.3 Å². The van der Waals surface area contributed by atoms with Crippen LogP contribution in [0, 0.1) is 5.41 Å². The van der Waals surface area contributed by atoms with Crippen LogP contribution in [0.5, 0.6) is 0 Å². The molecule has 3 N–H and O–H groups in total. The number of amides is 2. The molecular formula is C18H25N5O2. The molecule has 1 aliphatic rings. The molecule has 2 aromatic rings. The SMILES string of the molecule is CCn1cnnc1-c1ccccc1NC(=O)NC1CCCC1(C)CO. The first-order chi connectivity index (χ1) is 12.1. The van der Waals surface area contributed by atoms with Crippen molar-refractivity contribution in [3.05, 3.63) is 30.6 Å². The van der Waals surface area contributed by atoms with Crippen molar-refractivity contribution in [2.24, 2.45) is 5.41 Å². The molecule has 2 unspecified atom stereocenters. The Bertz CT molecular complexity index is 745. The molecule has 134 valence electrons. The number of aliphatic hydroxyl groups excluding tert-OH is 1. The van der Waals surface area contributed by atoms with Crippen LogP contribution in [0.1, 0.15) is 33.1 Å². The van der Waals surface area contributed by atoms with Crippen molar-refractivity contribution >= 4 is 11.7 Å². The fourth-order valence-corrected chi connectivity index (χ4v) is 3.47. The van der Waals surface area contributed by atoms with Crippen LogP contribution in [0.3, 0.4) is 0 Å². The van der Waals surface area contributed by atoms with Gasteiger partial charge in [0.25, 0.3) is 0 Å². The Hall–Kier alpha value is -2.41. The largest absolute Gasteiger partial charge is 0.396 e. The van der Waals surface area contributed by atoms with Gasteiger partial charge in [0.15, 0.2) is 5.82 Å². The number of benzene rings is 1. The van der Waals surface area contributed by atoms with Gasteiger partial charge in [-0.3, -0.25) is 0 Å². The monoisotopic (exact) mass is 343 g/mol. The third-order valence-corrected chi connectivity index (χ3v) is 5.12. The Morgan fingerprint density at radius 1 is 1.44 bits per heavy atom. The molecule has 1 aliphatic carbocycles. The number of aliphatic hydroxyl groups is 1. The lowest BCUT2D eigenvalue weighted by molar-refractivity contribution is 0.122. The molecule has 1 aromatic carbocycles. The number of para-hydroxylation sites is 1. The molecule has 3 rings (SSSR count). The zero-order valence-electron chi connectivity index (χ0n) is 14.7. The van der Waals surface area contributed by atoms with Crippen LogP contribution in [0.15, 0.2) is 30.6 Å². The highest BCUT2D eigenvalue weighted by molar-refractivity contribution is 5.93. The molecule has 25 heavy (non-hydrogen) atoms. The van der Waals surface area contributed by atoms with Gasteiger partial charge in [-0.25, -0.2) is 4.79 Å². The number of aryl methyl sites for hydroxylation is 1.